The maximum absolute atomic E-state index is 12.9. The van der Waals surface area contributed by atoms with Gasteiger partial charge in [0.25, 0.3) is 11.1 Å². The molecule has 4 rings (SSSR count). The maximum Gasteiger partial charge on any atom is 0.294 e. The van der Waals surface area contributed by atoms with Crippen molar-refractivity contribution in [2.45, 2.75) is 71.3 Å². The summed E-state index contributed by atoms with van der Waals surface area (Å²) in [6.07, 6.45) is 11.2. The molecule has 3 amide bonds. The van der Waals surface area contributed by atoms with Crippen molar-refractivity contribution in [3.8, 4) is 0 Å². The first kappa shape index (κ1) is 21.2. The van der Waals surface area contributed by atoms with Gasteiger partial charge in [0.2, 0.25) is 5.91 Å². The summed E-state index contributed by atoms with van der Waals surface area (Å²) in [6, 6.07) is 2.63. The van der Waals surface area contributed by atoms with Gasteiger partial charge in [-0.3, -0.25) is 19.3 Å². The molecule has 7 heteroatoms. The molecule has 3 fully saturated rings. The van der Waals surface area contributed by atoms with Crippen LogP contribution in [-0.2, 0) is 9.59 Å². The second-order valence-corrected chi connectivity index (χ2v) is 9.69. The van der Waals surface area contributed by atoms with Crippen molar-refractivity contribution in [1.82, 2.24) is 14.4 Å². The van der Waals surface area contributed by atoms with E-state index in [0.29, 0.717) is 10.9 Å². The Labute approximate surface area is 182 Å². The fourth-order valence-electron chi connectivity index (χ4n) is 5.01. The van der Waals surface area contributed by atoms with E-state index in [1.807, 2.05) is 6.08 Å². The van der Waals surface area contributed by atoms with Crippen LogP contribution in [0, 0.1) is 13.8 Å². The summed E-state index contributed by atoms with van der Waals surface area (Å²) in [4.78, 5) is 41.2. The van der Waals surface area contributed by atoms with Crippen LogP contribution in [0.2, 0.25) is 0 Å². The second-order valence-electron chi connectivity index (χ2n) is 8.70. The fraction of sp³-hybridized carbons (Fsp3) is 0.609. The average molecular weight is 430 g/mol. The molecule has 2 saturated heterocycles. The van der Waals surface area contributed by atoms with Crippen LogP contribution in [0.1, 0.15) is 74.4 Å². The Morgan fingerprint density at radius 2 is 1.73 bits per heavy atom. The van der Waals surface area contributed by atoms with Crippen LogP contribution in [-0.4, -0.2) is 51.1 Å². The van der Waals surface area contributed by atoms with Crippen LogP contribution in [0.3, 0.4) is 0 Å². The van der Waals surface area contributed by atoms with Crippen molar-refractivity contribution in [1.29, 1.82) is 0 Å². The molecule has 30 heavy (non-hydrogen) atoms. The van der Waals surface area contributed by atoms with Gasteiger partial charge in [0, 0.05) is 30.5 Å². The van der Waals surface area contributed by atoms with Gasteiger partial charge in [0.1, 0.15) is 6.54 Å². The van der Waals surface area contributed by atoms with E-state index in [-0.39, 0.29) is 23.6 Å². The summed E-state index contributed by atoms with van der Waals surface area (Å²) in [5, 5.41) is -0.349. The molecule has 0 aromatic carbocycles. The number of hydrogen-bond acceptors (Lipinski definition) is 4. The van der Waals surface area contributed by atoms with Crippen LogP contribution < -0.4 is 0 Å². The molecule has 1 aliphatic carbocycles. The first-order valence-corrected chi connectivity index (χ1v) is 12.0. The van der Waals surface area contributed by atoms with Crippen LogP contribution in [0.4, 0.5) is 4.79 Å². The van der Waals surface area contributed by atoms with Crippen molar-refractivity contribution < 1.29 is 14.4 Å². The van der Waals surface area contributed by atoms with Crippen LogP contribution in [0.25, 0.3) is 6.08 Å². The second kappa shape index (κ2) is 9.00. The first-order chi connectivity index (χ1) is 14.5. The number of likely N-dealkylation sites (tertiary alicyclic amines) is 1. The van der Waals surface area contributed by atoms with E-state index in [2.05, 4.69) is 24.5 Å². The zero-order valence-electron chi connectivity index (χ0n) is 18.0. The molecule has 0 unspecified atom stereocenters. The lowest BCUT2D eigenvalue weighted by molar-refractivity contribution is -0.136. The Balaban J connectivity index is 1.50. The van der Waals surface area contributed by atoms with Crippen molar-refractivity contribution in [3.05, 3.63) is 27.9 Å². The lowest BCUT2D eigenvalue weighted by Crippen LogP contribution is -2.44. The lowest BCUT2D eigenvalue weighted by Gasteiger charge is -2.27. The molecular weight excluding hydrogens is 398 g/mol. The van der Waals surface area contributed by atoms with Crippen LogP contribution >= 0.6 is 11.8 Å². The molecule has 1 aromatic heterocycles. The monoisotopic (exact) mass is 429 g/mol. The number of carbonyl (C=O) groups is 3. The van der Waals surface area contributed by atoms with Gasteiger partial charge >= 0.3 is 0 Å². The summed E-state index contributed by atoms with van der Waals surface area (Å²) in [6.45, 7) is 5.50. The number of thioether (sulfide) groups is 1. The Kier molecular flexibility index (Phi) is 6.37. The summed E-state index contributed by atoms with van der Waals surface area (Å²) in [5.74, 6) is -0.480. The number of carbonyl (C=O) groups excluding carboxylic acids is 3. The van der Waals surface area contributed by atoms with Gasteiger partial charge in [-0.1, -0.05) is 19.3 Å². The number of imide groups is 1. The number of aromatic nitrogens is 1. The number of aryl methyl sites for hydroxylation is 1. The molecule has 3 heterocycles. The molecule has 2 aliphatic heterocycles. The molecular formula is C23H31N3O3S. The third-order valence-corrected chi connectivity index (χ3v) is 7.53. The first-order valence-electron chi connectivity index (χ1n) is 11.2. The fourth-order valence-corrected chi connectivity index (χ4v) is 5.84. The highest BCUT2D eigenvalue weighted by Crippen LogP contribution is 2.36. The van der Waals surface area contributed by atoms with E-state index in [4.69, 9.17) is 0 Å². The molecule has 162 valence electrons. The normalized spacial score (nSPS) is 22.4. The summed E-state index contributed by atoms with van der Waals surface area (Å²) < 4.78 is 2.40. The predicted molar refractivity (Wildman–Crippen MR) is 119 cm³/mol. The number of amides is 3. The molecule has 3 aliphatic rings. The topological polar surface area (TPSA) is 62.6 Å². The third kappa shape index (κ3) is 4.22. The molecule has 0 radical (unpaired) electrons. The number of nitrogens with zero attached hydrogens (tertiary/aromatic N) is 3. The molecule has 0 bridgehead atoms. The van der Waals surface area contributed by atoms with Crippen molar-refractivity contribution >= 4 is 34.9 Å². The van der Waals surface area contributed by atoms with Crippen molar-refractivity contribution in [3.63, 3.8) is 0 Å². The summed E-state index contributed by atoms with van der Waals surface area (Å²) in [5.41, 5.74) is 3.34. The van der Waals surface area contributed by atoms with E-state index >= 15 is 0 Å². The molecule has 1 aromatic rings. The smallest absolute Gasteiger partial charge is 0.294 e. The summed E-state index contributed by atoms with van der Waals surface area (Å²) >= 11 is 0.943. The zero-order valence-corrected chi connectivity index (χ0v) is 18.8. The molecule has 0 spiro atoms. The highest BCUT2D eigenvalue weighted by atomic mass is 32.2. The molecule has 6 nitrogen and oxygen atoms in total. The number of piperidine rings is 1. The van der Waals surface area contributed by atoms with E-state index < -0.39 is 0 Å². The van der Waals surface area contributed by atoms with Gasteiger partial charge in [-0.15, -0.1) is 0 Å². The van der Waals surface area contributed by atoms with Gasteiger partial charge in [0.05, 0.1) is 4.91 Å². The predicted octanol–water partition coefficient (Wildman–Crippen LogP) is 4.66. The summed E-state index contributed by atoms with van der Waals surface area (Å²) in [7, 11) is 0. The Morgan fingerprint density at radius 1 is 1.07 bits per heavy atom. The largest absolute Gasteiger partial charge is 0.346 e. The number of hydrogen-bond donors (Lipinski definition) is 0. The van der Waals surface area contributed by atoms with E-state index in [9.17, 15) is 14.4 Å². The highest BCUT2D eigenvalue weighted by molar-refractivity contribution is 8.18. The van der Waals surface area contributed by atoms with Gasteiger partial charge in [0.15, 0.2) is 0 Å². The minimum Gasteiger partial charge on any atom is -0.346 e. The Bertz CT molecular complexity index is 876. The molecule has 0 atom stereocenters. The van der Waals surface area contributed by atoms with E-state index in [1.54, 1.807) is 4.90 Å². The van der Waals surface area contributed by atoms with Crippen LogP contribution in [0.5, 0.6) is 0 Å². The SMILES string of the molecule is Cc1cc(/C=C2\SC(=O)N(CC(=O)N3CCCCC3)C2=O)c(C)n1C1CCCCC1. The van der Waals surface area contributed by atoms with Gasteiger partial charge < -0.3 is 9.47 Å². The van der Waals surface area contributed by atoms with E-state index in [1.165, 1.54) is 37.8 Å². The Hall–Kier alpha value is -2.02. The van der Waals surface area contributed by atoms with Crippen LogP contribution in [0.15, 0.2) is 11.0 Å². The standard InChI is InChI=1S/C23H31N3O3S/c1-16-13-18(17(2)26(16)19-9-5-3-6-10-19)14-20-22(28)25(23(29)30-20)15-21(27)24-11-7-4-8-12-24/h13-14,19H,3-12,15H2,1-2H3/b20-14-. The van der Waals surface area contributed by atoms with Gasteiger partial charge in [-0.05, 0) is 75.4 Å². The minimum absolute atomic E-state index is 0.131. The zero-order chi connectivity index (χ0) is 21.3. The lowest BCUT2D eigenvalue weighted by atomic mass is 9.95. The molecule has 1 saturated carbocycles. The molecule has 0 N–H and O–H groups in total. The van der Waals surface area contributed by atoms with Gasteiger partial charge in [-0.25, -0.2) is 0 Å². The highest BCUT2D eigenvalue weighted by Gasteiger charge is 2.37. The van der Waals surface area contributed by atoms with Crippen molar-refractivity contribution in [2.24, 2.45) is 0 Å². The quantitative estimate of drug-likeness (QED) is 0.653. The Morgan fingerprint density at radius 3 is 2.43 bits per heavy atom. The van der Waals surface area contributed by atoms with E-state index in [0.717, 1.165) is 60.3 Å². The minimum atomic E-state index is -0.349. The number of rotatable bonds is 4. The average Bonchev–Trinajstić information content (AvgIpc) is 3.18. The third-order valence-electron chi connectivity index (χ3n) is 6.63. The van der Waals surface area contributed by atoms with Crippen molar-refractivity contribution in [2.75, 3.05) is 19.6 Å². The van der Waals surface area contributed by atoms with Gasteiger partial charge in [-0.2, -0.15) is 0 Å². The maximum atomic E-state index is 12.9.